The average Bonchev–Trinajstić information content (AvgIpc) is 3.40. The summed E-state index contributed by atoms with van der Waals surface area (Å²) in [5, 5.41) is 0.918. The van der Waals surface area contributed by atoms with Crippen molar-refractivity contribution in [2.24, 2.45) is 5.92 Å². The molecular weight excluding hydrogens is 347 g/mol. The van der Waals surface area contributed by atoms with E-state index in [-0.39, 0.29) is 18.6 Å². The largest absolute Gasteiger partial charge is 0.482 e. The quantitative estimate of drug-likeness (QED) is 0.763. The molecule has 0 radical (unpaired) electrons. The Morgan fingerprint density at radius 1 is 1.33 bits per heavy atom. The lowest BCUT2D eigenvalue weighted by Gasteiger charge is -2.28. The zero-order valence-electron chi connectivity index (χ0n) is 13.3. The molecule has 1 saturated carbocycles. The molecule has 126 valence electrons. The summed E-state index contributed by atoms with van der Waals surface area (Å²) in [6, 6.07) is 10.7. The molecule has 1 amide bonds. The summed E-state index contributed by atoms with van der Waals surface area (Å²) in [7, 11) is 1.80. The highest BCUT2D eigenvalue weighted by atomic mass is 35.5. The molecule has 0 N–H and O–H groups in total. The molecule has 1 aromatic heterocycles. The van der Waals surface area contributed by atoms with Crippen molar-refractivity contribution in [3.8, 4) is 5.75 Å². The maximum absolute atomic E-state index is 12.5. The molecule has 0 spiro atoms. The Kier molecular flexibility index (Phi) is 5.27. The van der Waals surface area contributed by atoms with Gasteiger partial charge in [-0.05, 0) is 49.1 Å². The van der Waals surface area contributed by atoms with E-state index in [2.05, 4.69) is 4.98 Å². The minimum Gasteiger partial charge on any atom is -0.482 e. The third-order valence-electron chi connectivity index (χ3n) is 4.12. The van der Waals surface area contributed by atoms with Gasteiger partial charge in [-0.25, -0.2) is 0 Å². The molecule has 1 heterocycles. The number of nitrogens with zero attached hydrogens (tertiary/aromatic N) is 2. The number of likely N-dealkylation sites (N-methyl/N-ethyl adjacent to an activating group) is 1. The van der Waals surface area contributed by atoms with Gasteiger partial charge in [0.2, 0.25) is 0 Å². The fraction of sp³-hybridized carbons (Fsp3) is 0.333. The number of rotatable bonds is 6. The fourth-order valence-corrected chi connectivity index (χ4v) is 3.17. The van der Waals surface area contributed by atoms with Crippen LogP contribution >= 0.6 is 23.2 Å². The average molecular weight is 365 g/mol. The minimum atomic E-state index is -0.108. The minimum absolute atomic E-state index is 0.0111. The van der Waals surface area contributed by atoms with Crippen LogP contribution in [-0.2, 0) is 4.79 Å². The number of carbonyl (C=O) groups excluding carboxylic acids is 1. The Bertz CT molecular complexity index is 720. The number of amides is 1. The van der Waals surface area contributed by atoms with Crippen molar-refractivity contribution < 1.29 is 9.53 Å². The molecule has 4 nitrogen and oxygen atoms in total. The van der Waals surface area contributed by atoms with Gasteiger partial charge in [-0.15, -0.1) is 0 Å². The van der Waals surface area contributed by atoms with Crippen molar-refractivity contribution in [1.29, 1.82) is 0 Å². The fourth-order valence-electron chi connectivity index (χ4n) is 2.71. The molecule has 1 fully saturated rings. The Hall–Kier alpha value is -1.78. The standard InChI is InChI=1S/C18H18Cl2N2O2/c1-22(18(12-5-6-12)15-4-2-3-9-21-15)17(23)11-24-16-8-7-13(19)10-14(16)20/h2-4,7-10,12,18H,5-6,11H2,1H3. The number of benzene rings is 1. The molecule has 1 aliphatic rings. The first-order valence-electron chi connectivity index (χ1n) is 7.80. The molecule has 0 aliphatic heterocycles. The van der Waals surface area contributed by atoms with E-state index in [9.17, 15) is 4.79 Å². The van der Waals surface area contributed by atoms with Crippen LogP contribution in [0.1, 0.15) is 24.6 Å². The van der Waals surface area contributed by atoms with E-state index in [4.69, 9.17) is 27.9 Å². The summed E-state index contributed by atoms with van der Waals surface area (Å²) in [5.74, 6) is 0.806. The molecular formula is C18H18Cl2N2O2. The summed E-state index contributed by atoms with van der Waals surface area (Å²) in [4.78, 5) is 18.7. The van der Waals surface area contributed by atoms with Crippen LogP contribution in [0.2, 0.25) is 10.0 Å². The van der Waals surface area contributed by atoms with E-state index in [1.807, 2.05) is 18.2 Å². The van der Waals surface area contributed by atoms with Crippen LogP contribution in [0.4, 0.5) is 0 Å². The topological polar surface area (TPSA) is 42.4 Å². The van der Waals surface area contributed by atoms with Gasteiger partial charge >= 0.3 is 0 Å². The van der Waals surface area contributed by atoms with Gasteiger partial charge in [0.1, 0.15) is 5.75 Å². The lowest BCUT2D eigenvalue weighted by Crippen LogP contribution is -2.36. The van der Waals surface area contributed by atoms with Crippen LogP contribution in [-0.4, -0.2) is 29.4 Å². The first kappa shape index (κ1) is 17.1. The van der Waals surface area contributed by atoms with Gasteiger partial charge in [0.25, 0.3) is 5.91 Å². The van der Waals surface area contributed by atoms with Gasteiger partial charge in [-0.3, -0.25) is 9.78 Å². The first-order chi connectivity index (χ1) is 11.6. The molecule has 24 heavy (non-hydrogen) atoms. The van der Waals surface area contributed by atoms with Gasteiger partial charge in [-0.2, -0.15) is 0 Å². The molecule has 0 saturated heterocycles. The van der Waals surface area contributed by atoms with Gasteiger partial charge in [0.15, 0.2) is 6.61 Å². The van der Waals surface area contributed by atoms with Crippen molar-refractivity contribution in [1.82, 2.24) is 9.88 Å². The SMILES string of the molecule is CN(C(=O)COc1ccc(Cl)cc1Cl)C(c1ccccn1)C1CC1. The number of aromatic nitrogens is 1. The monoisotopic (exact) mass is 364 g/mol. The molecule has 6 heteroatoms. The van der Waals surface area contributed by atoms with E-state index in [0.717, 1.165) is 18.5 Å². The number of carbonyl (C=O) groups is 1. The number of halogens is 2. The van der Waals surface area contributed by atoms with Gasteiger partial charge in [-0.1, -0.05) is 29.3 Å². The number of pyridine rings is 1. The number of hydrogen-bond acceptors (Lipinski definition) is 3. The summed E-state index contributed by atoms with van der Waals surface area (Å²) < 4.78 is 5.56. The van der Waals surface area contributed by atoms with Crippen molar-refractivity contribution in [3.05, 3.63) is 58.3 Å². The van der Waals surface area contributed by atoms with Gasteiger partial charge in [0, 0.05) is 18.3 Å². The highest BCUT2D eigenvalue weighted by molar-refractivity contribution is 6.35. The van der Waals surface area contributed by atoms with E-state index in [1.165, 1.54) is 0 Å². The lowest BCUT2D eigenvalue weighted by molar-refractivity contribution is -0.134. The summed E-state index contributed by atoms with van der Waals surface area (Å²) >= 11 is 11.9. The van der Waals surface area contributed by atoms with Crippen LogP contribution in [0.15, 0.2) is 42.6 Å². The molecule has 0 bridgehead atoms. The van der Waals surface area contributed by atoms with Gasteiger partial charge in [0.05, 0.1) is 16.8 Å². The Morgan fingerprint density at radius 2 is 2.12 bits per heavy atom. The van der Waals surface area contributed by atoms with Crippen LogP contribution in [0.5, 0.6) is 5.75 Å². The van der Waals surface area contributed by atoms with E-state index in [1.54, 1.807) is 36.3 Å². The smallest absolute Gasteiger partial charge is 0.260 e. The molecule has 1 aliphatic carbocycles. The van der Waals surface area contributed by atoms with Crippen LogP contribution in [0.3, 0.4) is 0 Å². The third kappa shape index (κ3) is 4.00. The number of ether oxygens (including phenoxy) is 1. The van der Waals surface area contributed by atoms with E-state index < -0.39 is 0 Å². The second kappa shape index (κ2) is 7.41. The first-order valence-corrected chi connectivity index (χ1v) is 8.56. The Labute approximate surface area is 151 Å². The summed E-state index contributed by atoms with van der Waals surface area (Å²) in [6.07, 6.45) is 3.98. The lowest BCUT2D eigenvalue weighted by atomic mass is 10.1. The van der Waals surface area contributed by atoms with Crippen LogP contribution in [0, 0.1) is 5.92 Å². The second-order valence-electron chi connectivity index (χ2n) is 5.90. The highest BCUT2D eigenvalue weighted by Gasteiger charge is 2.37. The summed E-state index contributed by atoms with van der Waals surface area (Å²) in [5.41, 5.74) is 0.917. The van der Waals surface area contributed by atoms with Crippen molar-refractivity contribution >= 4 is 29.1 Å². The zero-order valence-corrected chi connectivity index (χ0v) is 14.8. The molecule has 1 unspecified atom stereocenters. The van der Waals surface area contributed by atoms with Crippen molar-refractivity contribution in [2.45, 2.75) is 18.9 Å². The highest BCUT2D eigenvalue weighted by Crippen LogP contribution is 2.43. The van der Waals surface area contributed by atoms with Gasteiger partial charge < -0.3 is 9.64 Å². The molecule has 1 aromatic carbocycles. The molecule has 2 aromatic rings. The normalized spacial score (nSPS) is 15.0. The van der Waals surface area contributed by atoms with Crippen LogP contribution < -0.4 is 4.74 Å². The van der Waals surface area contributed by atoms with E-state index in [0.29, 0.717) is 21.7 Å². The maximum atomic E-state index is 12.5. The van der Waals surface area contributed by atoms with Crippen LogP contribution in [0.25, 0.3) is 0 Å². The Balaban J connectivity index is 1.67. The number of hydrogen-bond donors (Lipinski definition) is 0. The Morgan fingerprint density at radius 3 is 2.75 bits per heavy atom. The summed E-state index contributed by atoms with van der Waals surface area (Å²) in [6.45, 7) is -0.0755. The second-order valence-corrected chi connectivity index (χ2v) is 6.75. The van der Waals surface area contributed by atoms with Crippen molar-refractivity contribution in [3.63, 3.8) is 0 Å². The molecule has 3 rings (SSSR count). The zero-order chi connectivity index (χ0) is 17.1. The predicted octanol–water partition coefficient (Wildman–Crippen LogP) is 4.38. The van der Waals surface area contributed by atoms with Crippen molar-refractivity contribution in [2.75, 3.05) is 13.7 Å². The predicted molar refractivity (Wildman–Crippen MR) is 94.4 cm³/mol. The maximum Gasteiger partial charge on any atom is 0.260 e. The third-order valence-corrected chi connectivity index (χ3v) is 4.65. The molecule has 1 atom stereocenters. The van der Waals surface area contributed by atoms with E-state index >= 15 is 0 Å².